The number of rotatable bonds is 7. The van der Waals surface area contributed by atoms with Crippen molar-refractivity contribution >= 4 is 16.8 Å². The zero-order valence-electron chi connectivity index (χ0n) is 22.4. The minimum Gasteiger partial charge on any atom is -0.357 e. The van der Waals surface area contributed by atoms with Crippen molar-refractivity contribution in [3.05, 3.63) is 72.7 Å². The van der Waals surface area contributed by atoms with Crippen LogP contribution in [0.15, 0.2) is 67.1 Å². The second-order valence-electron chi connectivity index (χ2n) is 11.5. The number of nitrogens with zero attached hydrogens (tertiary/aromatic N) is 5. The predicted molar refractivity (Wildman–Crippen MR) is 148 cm³/mol. The summed E-state index contributed by atoms with van der Waals surface area (Å²) >= 11 is 0. The van der Waals surface area contributed by atoms with Gasteiger partial charge in [-0.1, -0.05) is 36.4 Å². The number of aryl methyl sites for hydroxylation is 1. The van der Waals surface area contributed by atoms with Crippen molar-refractivity contribution in [3.63, 3.8) is 0 Å². The van der Waals surface area contributed by atoms with Gasteiger partial charge in [0.1, 0.15) is 6.23 Å². The van der Waals surface area contributed by atoms with Crippen molar-refractivity contribution in [2.75, 3.05) is 13.2 Å². The summed E-state index contributed by atoms with van der Waals surface area (Å²) in [5.74, 6) is 0.623. The van der Waals surface area contributed by atoms with Gasteiger partial charge in [-0.2, -0.15) is 10.2 Å². The van der Waals surface area contributed by atoms with Gasteiger partial charge in [0.05, 0.1) is 17.9 Å². The van der Waals surface area contributed by atoms with Gasteiger partial charge in [0.15, 0.2) is 0 Å². The number of hydrogen-bond donors (Lipinski definition) is 0. The van der Waals surface area contributed by atoms with Crippen LogP contribution in [0.1, 0.15) is 57.7 Å². The lowest BCUT2D eigenvalue weighted by atomic mass is 9.96. The second kappa shape index (κ2) is 10.4. The monoisotopic (exact) mass is 511 g/mol. The van der Waals surface area contributed by atoms with E-state index in [9.17, 15) is 4.79 Å². The van der Waals surface area contributed by atoms with E-state index in [2.05, 4.69) is 65.1 Å². The first-order chi connectivity index (χ1) is 18.5. The molecule has 4 aromatic rings. The number of benzene rings is 2. The first-order valence-electron chi connectivity index (χ1n) is 13.9. The summed E-state index contributed by atoms with van der Waals surface area (Å²) in [4.78, 5) is 15.3. The SMILES string of the molecule is CC1(C)CC(Cn2ncc3cc(-c4cnn(C5CCCCO5)c4)ccc32)CN1C(=O)CCc1ccccc1. The minimum atomic E-state index is -0.142. The van der Waals surface area contributed by atoms with E-state index in [1.165, 1.54) is 12.0 Å². The maximum absolute atomic E-state index is 13.2. The van der Waals surface area contributed by atoms with Crippen molar-refractivity contribution in [2.45, 2.75) is 70.7 Å². The third-order valence-electron chi connectivity index (χ3n) is 8.19. The lowest BCUT2D eigenvalue weighted by molar-refractivity contribution is -0.134. The van der Waals surface area contributed by atoms with Gasteiger partial charge in [-0.25, -0.2) is 4.68 Å². The Labute approximate surface area is 224 Å². The normalized spacial score (nSPS) is 21.3. The quantitative estimate of drug-likeness (QED) is 0.312. The van der Waals surface area contributed by atoms with Gasteiger partial charge in [0.25, 0.3) is 0 Å². The summed E-state index contributed by atoms with van der Waals surface area (Å²) in [6.07, 6.45) is 11.7. The van der Waals surface area contributed by atoms with E-state index in [1.54, 1.807) is 0 Å². The van der Waals surface area contributed by atoms with Gasteiger partial charge in [-0.15, -0.1) is 0 Å². The molecule has 7 nitrogen and oxygen atoms in total. The number of ether oxygens (including phenoxy) is 1. The fraction of sp³-hybridized carbons (Fsp3) is 0.452. The number of amides is 1. The molecule has 2 atom stereocenters. The zero-order chi connectivity index (χ0) is 26.1. The van der Waals surface area contributed by atoms with Crippen molar-refractivity contribution in [1.82, 2.24) is 24.5 Å². The molecule has 2 aromatic carbocycles. The summed E-state index contributed by atoms with van der Waals surface area (Å²) in [5.41, 5.74) is 4.43. The molecular weight excluding hydrogens is 474 g/mol. The molecule has 2 saturated heterocycles. The Bertz CT molecular complexity index is 1400. The van der Waals surface area contributed by atoms with Crippen molar-refractivity contribution in [1.29, 1.82) is 0 Å². The molecule has 2 aliphatic rings. The number of aromatic nitrogens is 4. The molecule has 0 saturated carbocycles. The molecule has 0 bridgehead atoms. The zero-order valence-corrected chi connectivity index (χ0v) is 22.4. The molecule has 0 N–H and O–H groups in total. The van der Waals surface area contributed by atoms with Crippen LogP contribution in [0.3, 0.4) is 0 Å². The first kappa shape index (κ1) is 24.9. The van der Waals surface area contributed by atoms with E-state index in [0.29, 0.717) is 12.3 Å². The molecule has 1 amide bonds. The maximum atomic E-state index is 13.2. The van der Waals surface area contributed by atoms with Gasteiger partial charge in [-0.3, -0.25) is 9.48 Å². The molecule has 6 rings (SSSR count). The van der Waals surface area contributed by atoms with Crippen LogP contribution in [0.25, 0.3) is 22.0 Å². The Morgan fingerprint density at radius 1 is 1.05 bits per heavy atom. The second-order valence-corrected chi connectivity index (χ2v) is 11.5. The molecule has 38 heavy (non-hydrogen) atoms. The molecule has 2 unspecified atom stereocenters. The molecule has 2 aromatic heterocycles. The summed E-state index contributed by atoms with van der Waals surface area (Å²) in [7, 11) is 0. The van der Waals surface area contributed by atoms with E-state index in [4.69, 9.17) is 9.84 Å². The van der Waals surface area contributed by atoms with E-state index in [1.807, 2.05) is 35.3 Å². The summed E-state index contributed by atoms with van der Waals surface area (Å²) in [6.45, 7) is 6.79. The predicted octanol–water partition coefficient (Wildman–Crippen LogP) is 5.86. The van der Waals surface area contributed by atoms with Crippen LogP contribution in [0.2, 0.25) is 0 Å². The fourth-order valence-corrected chi connectivity index (χ4v) is 6.21. The number of likely N-dealkylation sites (tertiary alicyclic amines) is 1. The van der Waals surface area contributed by atoms with Crippen LogP contribution in [-0.2, 0) is 22.5 Å². The topological polar surface area (TPSA) is 65.2 Å². The molecule has 2 aliphatic heterocycles. The lowest BCUT2D eigenvalue weighted by Crippen LogP contribution is -2.42. The molecule has 0 aliphatic carbocycles. The highest BCUT2D eigenvalue weighted by atomic mass is 16.5. The Morgan fingerprint density at radius 3 is 2.74 bits per heavy atom. The number of carbonyl (C=O) groups is 1. The van der Waals surface area contributed by atoms with E-state index < -0.39 is 0 Å². The smallest absolute Gasteiger partial charge is 0.223 e. The standard InChI is InChI=1S/C31H37N5O2/c1-31(2)17-24(20-34(31)29(37)14-11-23-8-4-3-5-9-23)21-35-28-13-12-25(16-26(28)18-32-35)27-19-33-36(22-27)30-10-6-7-15-38-30/h3-5,8-9,12-13,16,18-19,22,24,30H,6-7,10-11,14-15,17,20-21H2,1-2H3. The van der Waals surface area contributed by atoms with E-state index in [-0.39, 0.29) is 17.7 Å². The lowest BCUT2D eigenvalue weighted by Gasteiger charge is -2.31. The third kappa shape index (κ3) is 5.12. The number of fused-ring (bicyclic) bond motifs is 1. The van der Waals surface area contributed by atoms with Crippen molar-refractivity contribution < 1.29 is 9.53 Å². The summed E-state index contributed by atoms with van der Waals surface area (Å²) in [5, 5.41) is 10.4. The molecule has 2 fully saturated rings. The first-order valence-corrected chi connectivity index (χ1v) is 13.9. The van der Waals surface area contributed by atoms with Crippen LogP contribution in [-0.4, -0.2) is 49.1 Å². The average Bonchev–Trinajstić information content (AvgIpc) is 3.65. The average molecular weight is 512 g/mol. The number of carbonyl (C=O) groups excluding carboxylic acids is 1. The van der Waals surface area contributed by atoms with Crippen LogP contribution in [0, 0.1) is 5.92 Å². The Hall–Kier alpha value is -3.45. The van der Waals surface area contributed by atoms with Gasteiger partial charge in [-0.05, 0) is 75.1 Å². The molecule has 7 heteroatoms. The molecule has 0 spiro atoms. The Kier molecular flexibility index (Phi) is 6.78. The largest absolute Gasteiger partial charge is 0.357 e. The third-order valence-corrected chi connectivity index (χ3v) is 8.19. The molecule has 4 heterocycles. The van der Waals surface area contributed by atoms with Gasteiger partial charge in [0.2, 0.25) is 5.91 Å². The van der Waals surface area contributed by atoms with Crippen LogP contribution in [0.4, 0.5) is 0 Å². The molecular formula is C31H37N5O2. The maximum Gasteiger partial charge on any atom is 0.223 e. The Balaban J connectivity index is 1.12. The van der Waals surface area contributed by atoms with Crippen LogP contribution < -0.4 is 0 Å². The van der Waals surface area contributed by atoms with E-state index in [0.717, 1.165) is 67.4 Å². The number of hydrogen-bond acceptors (Lipinski definition) is 4. The summed E-state index contributed by atoms with van der Waals surface area (Å²) < 4.78 is 9.95. The molecule has 198 valence electrons. The van der Waals surface area contributed by atoms with Crippen LogP contribution in [0.5, 0.6) is 0 Å². The minimum absolute atomic E-state index is 0.0458. The van der Waals surface area contributed by atoms with Gasteiger partial charge in [0, 0.05) is 48.8 Å². The van der Waals surface area contributed by atoms with Gasteiger partial charge >= 0.3 is 0 Å². The van der Waals surface area contributed by atoms with Crippen molar-refractivity contribution in [2.24, 2.45) is 5.92 Å². The van der Waals surface area contributed by atoms with Crippen molar-refractivity contribution in [3.8, 4) is 11.1 Å². The highest BCUT2D eigenvalue weighted by molar-refractivity contribution is 5.84. The highest BCUT2D eigenvalue weighted by Crippen LogP contribution is 2.35. The Morgan fingerprint density at radius 2 is 1.92 bits per heavy atom. The summed E-state index contributed by atoms with van der Waals surface area (Å²) in [6, 6.07) is 16.8. The van der Waals surface area contributed by atoms with E-state index >= 15 is 0 Å². The highest BCUT2D eigenvalue weighted by Gasteiger charge is 2.41. The fourth-order valence-electron chi connectivity index (χ4n) is 6.21. The molecule has 0 radical (unpaired) electrons. The van der Waals surface area contributed by atoms with Gasteiger partial charge < -0.3 is 9.64 Å². The van der Waals surface area contributed by atoms with Crippen LogP contribution >= 0.6 is 0 Å².